The maximum absolute atomic E-state index is 12.8. The number of carbonyl (C=O) groups excluding carboxylic acids is 1. The third-order valence-corrected chi connectivity index (χ3v) is 4.75. The quantitative estimate of drug-likeness (QED) is 0.916. The van der Waals surface area contributed by atoms with Crippen LogP contribution in [0.15, 0.2) is 48.8 Å². The van der Waals surface area contributed by atoms with Gasteiger partial charge in [-0.15, -0.1) is 0 Å². The van der Waals surface area contributed by atoms with Crippen LogP contribution in [0.5, 0.6) is 0 Å². The second-order valence-corrected chi connectivity index (χ2v) is 6.80. The third-order valence-electron chi connectivity index (χ3n) is 4.50. The van der Waals surface area contributed by atoms with E-state index in [4.69, 9.17) is 11.6 Å². The van der Waals surface area contributed by atoms with Crippen LogP contribution < -0.4 is 5.32 Å². The summed E-state index contributed by atoms with van der Waals surface area (Å²) in [6.07, 6.45) is 4.51. The van der Waals surface area contributed by atoms with E-state index in [2.05, 4.69) is 22.2 Å². The summed E-state index contributed by atoms with van der Waals surface area (Å²) in [4.78, 5) is 21.2. The molecule has 2 heterocycles. The fourth-order valence-corrected chi connectivity index (χ4v) is 3.15. The van der Waals surface area contributed by atoms with E-state index in [9.17, 15) is 4.79 Å². The number of nitrogens with zero attached hydrogens (tertiary/aromatic N) is 3. The first-order valence-corrected chi connectivity index (χ1v) is 8.90. The van der Waals surface area contributed by atoms with Gasteiger partial charge in [-0.1, -0.05) is 29.8 Å². The summed E-state index contributed by atoms with van der Waals surface area (Å²) in [5.41, 5.74) is 1.93. The zero-order chi connectivity index (χ0) is 17.6. The Balaban J connectivity index is 1.80. The monoisotopic (exact) mass is 358 g/mol. The molecule has 0 aliphatic carbocycles. The fourth-order valence-electron chi connectivity index (χ4n) is 3.03. The number of nitrogens with one attached hydrogen (secondary N) is 1. The molecule has 5 nitrogen and oxygen atoms in total. The van der Waals surface area contributed by atoms with Gasteiger partial charge in [-0.25, -0.2) is 4.79 Å². The van der Waals surface area contributed by atoms with Crippen molar-refractivity contribution in [1.82, 2.24) is 20.1 Å². The number of hydrogen-bond acceptors (Lipinski definition) is 3. The van der Waals surface area contributed by atoms with Crippen molar-refractivity contribution in [3.05, 3.63) is 64.9 Å². The standard InChI is InChI=1S/C19H23ClN4O/c1-23-10-3-11-24(13-12-23)19(25)22-18(16-4-2-9-21-14-16)15-5-7-17(20)8-6-15/h2,4-9,14,18H,3,10-13H2,1H3,(H,22,25). The lowest BCUT2D eigenvalue weighted by atomic mass is 10.0. The number of carbonyl (C=O) groups is 1. The average molecular weight is 359 g/mol. The predicted molar refractivity (Wildman–Crippen MR) is 99.8 cm³/mol. The lowest BCUT2D eigenvalue weighted by molar-refractivity contribution is 0.197. The minimum atomic E-state index is -0.251. The predicted octanol–water partition coefficient (Wildman–Crippen LogP) is 3.17. The minimum Gasteiger partial charge on any atom is -0.327 e. The molecule has 1 N–H and O–H groups in total. The van der Waals surface area contributed by atoms with Gasteiger partial charge in [-0.2, -0.15) is 0 Å². The number of rotatable bonds is 3. The maximum atomic E-state index is 12.8. The first kappa shape index (κ1) is 17.7. The molecule has 0 spiro atoms. The van der Waals surface area contributed by atoms with Crippen LogP contribution >= 0.6 is 11.6 Å². The first-order chi connectivity index (χ1) is 12.1. The van der Waals surface area contributed by atoms with Crippen molar-refractivity contribution in [3.63, 3.8) is 0 Å². The molecule has 1 aliphatic rings. The Morgan fingerprint density at radius 1 is 1.12 bits per heavy atom. The van der Waals surface area contributed by atoms with E-state index in [-0.39, 0.29) is 12.1 Å². The Labute approximate surface area is 153 Å². The Morgan fingerprint density at radius 2 is 1.92 bits per heavy atom. The molecule has 0 radical (unpaired) electrons. The van der Waals surface area contributed by atoms with Crippen LogP contribution in [0.2, 0.25) is 5.02 Å². The van der Waals surface area contributed by atoms with E-state index in [1.165, 1.54) is 0 Å². The Hall–Kier alpha value is -2.11. The molecule has 132 valence electrons. The SMILES string of the molecule is CN1CCCN(C(=O)NC(c2ccc(Cl)cc2)c2cccnc2)CC1. The molecule has 2 amide bonds. The number of halogens is 1. The van der Waals surface area contributed by atoms with Crippen molar-refractivity contribution in [2.24, 2.45) is 0 Å². The van der Waals surface area contributed by atoms with E-state index >= 15 is 0 Å². The van der Waals surface area contributed by atoms with Gasteiger partial charge in [0.25, 0.3) is 0 Å². The highest BCUT2D eigenvalue weighted by Crippen LogP contribution is 2.23. The summed E-state index contributed by atoms with van der Waals surface area (Å²) in [5, 5.41) is 3.84. The second-order valence-electron chi connectivity index (χ2n) is 6.36. The Morgan fingerprint density at radius 3 is 2.64 bits per heavy atom. The number of aromatic nitrogens is 1. The summed E-state index contributed by atoms with van der Waals surface area (Å²) in [5.74, 6) is 0. The largest absolute Gasteiger partial charge is 0.327 e. The molecular formula is C19H23ClN4O. The number of amides is 2. The molecule has 0 saturated carbocycles. The van der Waals surface area contributed by atoms with Crippen LogP contribution in [0.25, 0.3) is 0 Å². The highest BCUT2D eigenvalue weighted by molar-refractivity contribution is 6.30. The van der Waals surface area contributed by atoms with Gasteiger partial charge in [0.15, 0.2) is 0 Å². The molecule has 1 aliphatic heterocycles. The van der Waals surface area contributed by atoms with Crippen molar-refractivity contribution >= 4 is 17.6 Å². The summed E-state index contributed by atoms with van der Waals surface area (Å²) in [6.45, 7) is 3.43. The van der Waals surface area contributed by atoms with Gasteiger partial charge in [0.1, 0.15) is 0 Å². The number of urea groups is 1. The van der Waals surface area contributed by atoms with Gasteiger partial charge in [0.2, 0.25) is 0 Å². The van der Waals surface area contributed by atoms with Crippen molar-refractivity contribution in [2.75, 3.05) is 33.2 Å². The molecule has 0 bridgehead atoms. The molecule has 25 heavy (non-hydrogen) atoms. The zero-order valence-electron chi connectivity index (χ0n) is 14.4. The van der Waals surface area contributed by atoms with Gasteiger partial charge in [-0.05, 0) is 49.3 Å². The zero-order valence-corrected chi connectivity index (χ0v) is 15.1. The van der Waals surface area contributed by atoms with E-state index in [1.807, 2.05) is 41.3 Å². The molecule has 2 aromatic rings. The molecule has 1 aromatic heterocycles. The van der Waals surface area contributed by atoms with Crippen LogP contribution in [0, 0.1) is 0 Å². The van der Waals surface area contributed by atoms with Crippen molar-refractivity contribution < 1.29 is 4.79 Å². The lowest BCUT2D eigenvalue weighted by Crippen LogP contribution is -2.43. The third kappa shape index (κ3) is 4.71. The van der Waals surface area contributed by atoms with Gasteiger partial charge in [0.05, 0.1) is 6.04 Å². The van der Waals surface area contributed by atoms with Gasteiger partial charge >= 0.3 is 6.03 Å². The van der Waals surface area contributed by atoms with Gasteiger partial charge < -0.3 is 15.1 Å². The summed E-state index contributed by atoms with van der Waals surface area (Å²) in [7, 11) is 2.09. The average Bonchev–Trinajstić information content (AvgIpc) is 2.86. The summed E-state index contributed by atoms with van der Waals surface area (Å²) >= 11 is 6.01. The van der Waals surface area contributed by atoms with Crippen LogP contribution in [0.1, 0.15) is 23.6 Å². The second kappa shape index (κ2) is 8.32. The summed E-state index contributed by atoms with van der Waals surface area (Å²) in [6, 6.07) is 11.1. The highest BCUT2D eigenvalue weighted by Gasteiger charge is 2.22. The van der Waals surface area contributed by atoms with Crippen molar-refractivity contribution in [2.45, 2.75) is 12.5 Å². The van der Waals surface area contributed by atoms with Crippen LogP contribution in [0.4, 0.5) is 4.79 Å². The number of likely N-dealkylation sites (N-methyl/N-ethyl adjacent to an activating group) is 1. The number of benzene rings is 1. The number of hydrogen-bond donors (Lipinski definition) is 1. The molecule has 1 fully saturated rings. The smallest absolute Gasteiger partial charge is 0.318 e. The summed E-state index contributed by atoms with van der Waals surface area (Å²) < 4.78 is 0. The lowest BCUT2D eigenvalue weighted by Gasteiger charge is -2.26. The van der Waals surface area contributed by atoms with E-state index in [0.717, 1.165) is 43.7 Å². The van der Waals surface area contributed by atoms with Crippen LogP contribution in [-0.4, -0.2) is 54.0 Å². The molecule has 3 rings (SSSR count). The van der Waals surface area contributed by atoms with Crippen LogP contribution in [-0.2, 0) is 0 Å². The molecule has 1 atom stereocenters. The Bertz CT molecular complexity index is 692. The highest BCUT2D eigenvalue weighted by atomic mass is 35.5. The first-order valence-electron chi connectivity index (χ1n) is 8.53. The number of pyridine rings is 1. The minimum absolute atomic E-state index is 0.0425. The van der Waals surface area contributed by atoms with Gasteiger partial charge in [0, 0.05) is 37.1 Å². The topological polar surface area (TPSA) is 48.5 Å². The molecular weight excluding hydrogens is 336 g/mol. The van der Waals surface area contributed by atoms with E-state index in [0.29, 0.717) is 5.02 Å². The van der Waals surface area contributed by atoms with Crippen molar-refractivity contribution in [1.29, 1.82) is 0 Å². The van der Waals surface area contributed by atoms with E-state index < -0.39 is 0 Å². The van der Waals surface area contributed by atoms with Crippen molar-refractivity contribution in [3.8, 4) is 0 Å². The normalized spacial score (nSPS) is 17.0. The molecule has 6 heteroatoms. The van der Waals surface area contributed by atoms with Gasteiger partial charge in [-0.3, -0.25) is 4.98 Å². The van der Waals surface area contributed by atoms with Crippen LogP contribution in [0.3, 0.4) is 0 Å². The van der Waals surface area contributed by atoms with E-state index in [1.54, 1.807) is 12.4 Å². The maximum Gasteiger partial charge on any atom is 0.318 e. The fraction of sp³-hybridized carbons (Fsp3) is 0.368. The molecule has 1 unspecified atom stereocenters. The molecule has 1 saturated heterocycles. The molecule has 1 aromatic carbocycles. The Kier molecular flexibility index (Phi) is 5.89.